The summed E-state index contributed by atoms with van der Waals surface area (Å²) in [5, 5.41) is 12.9. The molecule has 1 heterocycles. The van der Waals surface area contributed by atoms with Gasteiger partial charge < -0.3 is 4.90 Å². The van der Waals surface area contributed by atoms with Gasteiger partial charge in [0.1, 0.15) is 5.54 Å². The summed E-state index contributed by atoms with van der Waals surface area (Å²) in [6, 6.07) is 15.7. The van der Waals surface area contributed by atoms with Crippen LogP contribution in [-0.2, 0) is 5.54 Å². The average Bonchev–Trinajstić information content (AvgIpc) is 3.24. The number of carbonyl (C=O) groups excluding carboxylic acids is 1. The Morgan fingerprint density at radius 3 is 2.47 bits per heavy atom. The maximum atomic E-state index is 13.4. The molecule has 1 aliphatic rings. The van der Waals surface area contributed by atoms with Crippen LogP contribution in [0, 0.1) is 19.8 Å². The van der Waals surface area contributed by atoms with Crippen LogP contribution in [0.4, 0.5) is 0 Å². The van der Waals surface area contributed by atoms with Gasteiger partial charge in [-0.25, -0.2) is 0 Å². The van der Waals surface area contributed by atoms with Crippen LogP contribution in [0.5, 0.6) is 0 Å². The molecule has 6 heteroatoms. The first-order valence-corrected chi connectivity index (χ1v) is 10.6. The topological polar surface area (TPSA) is 63.9 Å². The van der Waals surface area contributed by atoms with Crippen LogP contribution in [0.1, 0.15) is 59.9 Å². The maximum absolute atomic E-state index is 13.4. The van der Waals surface area contributed by atoms with E-state index in [4.69, 9.17) is 0 Å². The molecule has 6 nitrogen and oxygen atoms in total. The van der Waals surface area contributed by atoms with E-state index in [-0.39, 0.29) is 5.91 Å². The van der Waals surface area contributed by atoms with E-state index in [1.807, 2.05) is 47.0 Å². The number of carbonyl (C=O) groups is 1. The lowest BCUT2D eigenvalue weighted by molar-refractivity contribution is 0.0327. The Bertz CT molecular complexity index is 1030. The second kappa shape index (κ2) is 8.01. The Morgan fingerprint density at radius 1 is 1.10 bits per heavy atom. The van der Waals surface area contributed by atoms with Crippen LogP contribution in [0.2, 0.25) is 0 Å². The lowest BCUT2D eigenvalue weighted by Gasteiger charge is -2.44. The molecule has 0 spiro atoms. The molecule has 0 bridgehead atoms. The Morgan fingerprint density at radius 2 is 1.80 bits per heavy atom. The zero-order chi connectivity index (χ0) is 21.3. The molecule has 1 amide bonds. The van der Waals surface area contributed by atoms with Crippen molar-refractivity contribution >= 4 is 5.91 Å². The molecule has 1 fully saturated rings. The molecule has 156 valence electrons. The minimum Gasteiger partial charge on any atom is -0.329 e. The average molecular weight is 404 g/mol. The summed E-state index contributed by atoms with van der Waals surface area (Å²) < 4.78 is 1.83. The molecule has 0 saturated heterocycles. The first-order valence-electron chi connectivity index (χ1n) is 10.6. The lowest BCUT2D eigenvalue weighted by Crippen LogP contribution is -2.50. The molecular weight excluding hydrogens is 374 g/mol. The standard InChI is InChI=1S/C24H29N5O/c1-17-12-14-24(15-13-17,28(4)22(30)20-8-6-5-7-9-20)23-25-26-27-29(23)21-11-10-18(2)16-19(21)3/h5-11,16-17H,12-15H2,1-4H3. The van der Waals surface area contributed by atoms with Gasteiger partial charge in [0.05, 0.1) is 5.69 Å². The molecule has 0 radical (unpaired) electrons. The highest BCUT2D eigenvalue weighted by molar-refractivity contribution is 5.94. The van der Waals surface area contributed by atoms with Gasteiger partial charge in [-0.1, -0.05) is 42.8 Å². The normalized spacial score (nSPS) is 21.4. The smallest absolute Gasteiger partial charge is 0.254 e. The SMILES string of the molecule is Cc1ccc(-n2nnnc2C2(N(C)C(=O)c3ccccc3)CCC(C)CC2)c(C)c1. The van der Waals surface area contributed by atoms with Crippen LogP contribution in [0.25, 0.3) is 5.69 Å². The number of nitrogens with zero attached hydrogens (tertiary/aromatic N) is 5. The predicted molar refractivity (Wildman–Crippen MR) is 116 cm³/mol. The highest BCUT2D eigenvalue weighted by Gasteiger charge is 2.46. The van der Waals surface area contributed by atoms with Crippen LogP contribution < -0.4 is 0 Å². The van der Waals surface area contributed by atoms with Crippen molar-refractivity contribution in [3.63, 3.8) is 0 Å². The first-order chi connectivity index (χ1) is 14.4. The van der Waals surface area contributed by atoms with E-state index in [1.165, 1.54) is 5.56 Å². The number of hydrogen-bond donors (Lipinski definition) is 0. The third kappa shape index (κ3) is 3.51. The summed E-state index contributed by atoms with van der Waals surface area (Å²) in [7, 11) is 1.90. The fraction of sp³-hybridized carbons (Fsp3) is 0.417. The van der Waals surface area contributed by atoms with Gasteiger partial charge in [0, 0.05) is 12.6 Å². The number of tetrazole rings is 1. The third-order valence-corrected chi connectivity index (χ3v) is 6.54. The minimum atomic E-state index is -0.541. The quantitative estimate of drug-likeness (QED) is 0.645. The van der Waals surface area contributed by atoms with Crippen molar-refractivity contribution in [3.05, 3.63) is 71.0 Å². The van der Waals surface area contributed by atoms with Gasteiger partial charge in [0.25, 0.3) is 5.91 Å². The van der Waals surface area contributed by atoms with Crippen molar-refractivity contribution in [2.24, 2.45) is 5.92 Å². The van der Waals surface area contributed by atoms with E-state index < -0.39 is 5.54 Å². The zero-order valence-corrected chi connectivity index (χ0v) is 18.2. The molecule has 30 heavy (non-hydrogen) atoms. The largest absolute Gasteiger partial charge is 0.329 e. The summed E-state index contributed by atoms with van der Waals surface area (Å²) in [6.07, 6.45) is 3.75. The van der Waals surface area contributed by atoms with E-state index in [0.717, 1.165) is 42.8 Å². The molecule has 0 atom stereocenters. The van der Waals surface area contributed by atoms with Crippen molar-refractivity contribution in [2.45, 2.75) is 52.0 Å². The van der Waals surface area contributed by atoms with Gasteiger partial charge in [-0.2, -0.15) is 4.68 Å². The van der Waals surface area contributed by atoms with Crippen LogP contribution >= 0.6 is 0 Å². The van der Waals surface area contributed by atoms with Gasteiger partial charge in [0.15, 0.2) is 5.82 Å². The van der Waals surface area contributed by atoms with E-state index in [2.05, 4.69) is 54.5 Å². The fourth-order valence-electron chi connectivity index (χ4n) is 4.60. The number of aryl methyl sites for hydroxylation is 2. The second-order valence-electron chi connectivity index (χ2n) is 8.65. The fourth-order valence-corrected chi connectivity index (χ4v) is 4.60. The van der Waals surface area contributed by atoms with Gasteiger partial charge in [-0.05, 0) is 79.6 Å². The molecule has 0 N–H and O–H groups in total. The monoisotopic (exact) mass is 403 g/mol. The summed E-state index contributed by atoms with van der Waals surface area (Å²) in [6.45, 7) is 6.42. The van der Waals surface area contributed by atoms with Gasteiger partial charge >= 0.3 is 0 Å². The Kier molecular flexibility index (Phi) is 5.41. The summed E-state index contributed by atoms with van der Waals surface area (Å²) >= 11 is 0. The Hall–Kier alpha value is -3.02. The van der Waals surface area contributed by atoms with Gasteiger partial charge in [-0.15, -0.1) is 5.10 Å². The zero-order valence-electron chi connectivity index (χ0n) is 18.2. The molecule has 1 saturated carbocycles. The number of amides is 1. The maximum Gasteiger partial charge on any atom is 0.254 e. The molecule has 0 aliphatic heterocycles. The van der Waals surface area contributed by atoms with Crippen molar-refractivity contribution in [1.82, 2.24) is 25.1 Å². The first kappa shape index (κ1) is 20.3. The van der Waals surface area contributed by atoms with E-state index in [1.54, 1.807) is 0 Å². The number of aromatic nitrogens is 4. The summed E-state index contributed by atoms with van der Waals surface area (Å²) in [5.74, 6) is 1.37. The van der Waals surface area contributed by atoms with E-state index >= 15 is 0 Å². The van der Waals surface area contributed by atoms with Crippen molar-refractivity contribution in [3.8, 4) is 5.69 Å². The minimum absolute atomic E-state index is 0.000307. The number of hydrogen-bond acceptors (Lipinski definition) is 4. The summed E-state index contributed by atoms with van der Waals surface area (Å²) in [5.41, 5.74) is 3.41. The Labute approximate surface area is 177 Å². The molecule has 1 aliphatic carbocycles. The van der Waals surface area contributed by atoms with E-state index in [9.17, 15) is 4.79 Å². The molecule has 4 rings (SSSR count). The molecule has 0 unspecified atom stereocenters. The lowest BCUT2D eigenvalue weighted by atomic mass is 9.75. The van der Waals surface area contributed by atoms with Crippen molar-refractivity contribution in [1.29, 1.82) is 0 Å². The van der Waals surface area contributed by atoms with Crippen molar-refractivity contribution in [2.75, 3.05) is 7.05 Å². The van der Waals surface area contributed by atoms with Crippen LogP contribution in [-0.4, -0.2) is 38.1 Å². The van der Waals surface area contributed by atoms with Gasteiger partial charge in [-0.3, -0.25) is 4.79 Å². The highest BCUT2D eigenvalue weighted by atomic mass is 16.2. The number of rotatable bonds is 4. The molecule has 3 aromatic rings. The van der Waals surface area contributed by atoms with Crippen LogP contribution in [0.3, 0.4) is 0 Å². The second-order valence-corrected chi connectivity index (χ2v) is 8.65. The predicted octanol–water partition coefficient (Wildman–Crippen LogP) is 4.46. The van der Waals surface area contributed by atoms with Crippen molar-refractivity contribution < 1.29 is 4.79 Å². The number of benzene rings is 2. The highest BCUT2D eigenvalue weighted by Crippen LogP contribution is 2.43. The molecule has 1 aromatic heterocycles. The van der Waals surface area contributed by atoms with E-state index in [0.29, 0.717) is 11.5 Å². The van der Waals surface area contributed by atoms with Crippen LogP contribution in [0.15, 0.2) is 48.5 Å². The molecular formula is C24H29N5O. The Balaban J connectivity index is 1.81. The van der Waals surface area contributed by atoms with Gasteiger partial charge in [0.2, 0.25) is 0 Å². The molecule has 2 aromatic carbocycles. The third-order valence-electron chi connectivity index (χ3n) is 6.54. The summed E-state index contributed by atoms with van der Waals surface area (Å²) in [4.78, 5) is 15.3.